The Bertz CT molecular complexity index is 4450. The highest BCUT2D eigenvalue weighted by molar-refractivity contribution is 7.26. The second-order valence-electron chi connectivity index (χ2n) is 19.6. The van der Waals surface area contributed by atoms with Gasteiger partial charge in [0.1, 0.15) is 0 Å². The zero-order valence-electron chi connectivity index (χ0n) is 42.2. The molecule has 1 heterocycles. The third-order valence-corrected chi connectivity index (χ3v) is 16.1. The summed E-state index contributed by atoms with van der Waals surface area (Å²) >= 11 is 1.87. The first-order chi connectivity index (χ1) is 38.2. The second-order valence-corrected chi connectivity index (χ2v) is 20.7. The lowest BCUT2D eigenvalue weighted by Gasteiger charge is -2.31. The maximum Gasteiger partial charge on any atom is 0.0540 e. The Morgan fingerprint density at radius 3 is 1.29 bits per heavy atom. The van der Waals surface area contributed by atoms with Crippen LogP contribution >= 0.6 is 11.3 Å². The standard InChI is InChI=1S/C74H50N2S/c1-4-19-51(20-5-1)56-26-16-28-62(48-56)75(61-43-39-55(40-44-61)66-33-18-36-71-73(66)74-65-30-11-10-25-54(65)42-46-72(74)77-71)69-34-14-12-31-67(69)68-32-13-15-35-70(68)76(63-29-17-27-57(49-63)52-21-6-2-7-22-52)64-45-41-59-47-58(37-38-60(59)50-64)53-23-8-3-9-24-53/h1-50H. The lowest BCUT2D eigenvalue weighted by Crippen LogP contribution is -2.14. The first-order valence-electron chi connectivity index (χ1n) is 26.3. The predicted octanol–water partition coefficient (Wildman–Crippen LogP) is 21.6. The molecule has 14 aromatic rings. The van der Waals surface area contributed by atoms with E-state index in [0.717, 1.165) is 56.4 Å². The molecule has 0 N–H and O–H groups in total. The molecule has 0 atom stereocenters. The number of hydrogen-bond acceptors (Lipinski definition) is 3. The summed E-state index contributed by atoms with van der Waals surface area (Å²) in [6.45, 7) is 0. The van der Waals surface area contributed by atoms with Crippen LogP contribution < -0.4 is 9.80 Å². The number of anilines is 6. The first kappa shape index (κ1) is 45.8. The van der Waals surface area contributed by atoms with E-state index < -0.39 is 0 Å². The number of hydrogen-bond donors (Lipinski definition) is 0. The molecular formula is C74H50N2S. The van der Waals surface area contributed by atoms with Crippen molar-refractivity contribution in [2.24, 2.45) is 0 Å². The van der Waals surface area contributed by atoms with E-state index in [9.17, 15) is 0 Å². The van der Waals surface area contributed by atoms with Gasteiger partial charge in [-0.25, -0.2) is 0 Å². The molecule has 0 saturated carbocycles. The highest BCUT2D eigenvalue weighted by Gasteiger charge is 2.24. The molecule has 14 rings (SSSR count). The van der Waals surface area contributed by atoms with E-state index in [1.54, 1.807) is 0 Å². The predicted molar refractivity (Wildman–Crippen MR) is 331 cm³/mol. The zero-order valence-corrected chi connectivity index (χ0v) is 43.0. The third kappa shape index (κ3) is 8.59. The number of nitrogens with zero attached hydrogens (tertiary/aromatic N) is 2. The summed E-state index contributed by atoms with van der Waals surface area (Å²) in [5.41, 5.74) is 18.1. The van der Waals surface area contributed by atoms with E-state index >= 15 is 0 Å². The molecule has 0 bridgehead atoms. The Kier molecular flexibility index (Phi) is 11.8. The van der Waals surface area contributed by atoms with Gasteiger partial charge in [0, 0.05) is 54.0 Å². The second kappa shape index (κ2) is 19.8. The molecule has 0 aliphatic heterocycles. The van der Waals surface area contributed by atoms with Gasteiger partial charge in [0.25, 0.3) is 0 Å². The summed E-state index contributed by atoms with van der Waals surface area (Å²) in [4.78, 5) is 4.88. The van der Waals surface area contributed by atoms with Gasteiger partial charge in [0.05, 0.1) is 11.4 Å². The van der Waals surface area contributed by atoms with E-state index in [1.165, 1.54) is 75.1 Å². The number of rotatable bonds is 11. The molecule has 0 aliphatic rings. The molecule has 3 heteroatoms. The van der Waals surface area contributed by atoms with Crippen LogP contribution in [0.1, 0.15) is 0 Å². The molecule has 13 aromatic carbocycles. The fraction of sp³-hybridized carbons (Fsp3) is 0. The van der Waals surface area contributed by atoms with Gasteiger partial charge >= 0.3 is 0 Å². The molecule has 0 radical (unpaired) electrons. The molecule has 77 heavy (non-hydrogen) atoms. The summed E-state index contributed by atoms with van der Waals surface area (Å²) in [6.07, 6.45) is 0. The highest BCUT2D eigenvalue weighted by atomic mass is 32.1. The summed E-state index contributed by atoms with van der Waals surface area (Å²) in [5, 5.41) is 7.57. The third-order valence-electron chi connectivity index (χ3n) is 15.0. The van der Waals surface area contributed by atoms with Crippen LogP contribution in [-0.2, 0) is 0 Å². The van der Waals surface area contributed by atoms with Gasteiger partial charge in [-0.05, 0) is 145 Å². The van der Waals surface area contributed by atoms with Gasteiger partial charge in [-0.3, -0.25) is 0 Å². The van der Waals surface area contributed by atoms with Gasteiger partial charge in [0.2, 0.25) is 0 Å². The SMILES string of the molecule is c1ccc(-c2cccc(N(c3ccc(-c4cccc5sc6ccc7ccccc7c6c45)cc3)c3ccccc3-c3ccccc3N(c3cccc(-c4ccccc4)c3)c3ccc4cc(-c5ccccc5)ccc4c3)c2)cc1. The van der Waals surface area contributed by atoms with Gasteiger partial charge in [-0.15, -0.1) is 11.3 Å². The monoisotopic (exact) mass is 998 g/mol. The van der Waals surface area contributed by atoms with Crippen molar-refractivity contribution in [2.75, 3.05) is 9.80 Å². The normalized spacial score (nSPS) is 11.4. The summed E-state index contributed by atoms with van der Waals surface area (Å²) < 4.78 is 2.61. The largest absolute Gasteiger partial charge is 0.310 e. The number of para-hydroxylation sites is 2. The van der Waals surface area contributed by atoms with Crippen LogP contribution in [0.3, 0.4) is 0 Å². The van der Waals surface area contributed by atoms with Crippen LogP contribution in [0.4, 0.5) is 34.1 Å². The molecule has 0 spiro atoms. The van der Waals surface area contributed by atoms with Crippen molar-refractivity contribution in [3.8, 4) is 55.6 Å². The minimum absolute atomic E-state index is 1.06. The number of thiophene rings is 1. The molecule has 2 nitrogen and oxygen atoms in total. The zero-order chi connectivity index (χ0) is 51.1. The van der Waals surface area contributed by atoms with Gasteiger partial charge in [-0.1, -0.05) is 224 Å². The van der Waals surface area contributed by atoms with Crippen molar-refractivity contribution < 1.29 is 0 Å². The highest BCUT2D eigenvalue weighted by Crippen LogP contribution is 2.49. The van der Waals surface area contributed by atoms with Crippen molar-refractivity contribution in [1.29, 1.82) is 0 Å². The summed E-state index contributed by atoms with van der Waals surface area (Å²) in [5.74, 6) is 0. The molecule has 0 amide bonds. The van der Waals surface area contributed by atoms with Crippen LogP contribution in [-0.4, -0.2) is 0 Å². The summed E-state index contributed by atoms with van der Waals surface area (Å²) in [6, 6.07) is 111. The maximum absolute atomic E-state index is 2.44. The van der Waals surface area contributed by atoms with Crippen molar-refractivity contribution in [3.63, 3.8) is 0 Å². The lowest BCUT2D eigenvalue weighted by molar-refractivity contribution is 1.27. The Labute approximate surface area is 453 Å². The van der Waals surface area contributed by atoms with Crippen LogP contribution in [0.5, 0.6) is 0 Å². The van der Waals surface area contributed by atoms with Crippen LogP contribution in [0.2, 0.25) is 0 Å². The van der Waals surface area contributed by atoms with Crippen molar-refractivity contribution in [2.45, 2.75) is 0 Å². The number of benzene rings is 13. The smallest absolute Gasteiger partial charge is 0.0540 e. The van der Waals surface area contributed by atoms with E-state index in [-0.39, 0.29) is 0 Å². The number of fused-ring (bicyclic) bond motifs is 6. The Balaban J connectivity index is 0.938. The molecular weight excluding hydrogens is 949 g/mol. The molecule has 0 unspecified atom stereocenters. The van der Waals surface area contributed by atoms with Gasteiger partial charge in [0.15, 0.2) is 0 Å². The van der Waals surface area contributed by atoms with Crippen molar-refractivity contribution >= 4 is 87.2 Å². The van der Waals surface area contributed by atoms with Crippen molar-refractivity contribution in [1.82, 2.24) is 0 Å². The van der Waals surface area contributed by atoms with E-state index in [4.69, 9.17) is 0 Å². The van der Waals surface area contributed by atoms with Crippen molar-refractivity contribution in [3.05, 3.63) is 303 Å². The van der Waals surface area contributed by atoms with Gasteiger partial charge in [-0.2, -0.15) is 0 Å². The summed E-state index contributed by atoms with van der Waals surface area (Å²) in [7, 11) is 0. The first-order valence-corrected chi connectivity index (χ1v) is 27.1. The topological polar surface area (TPSA) is 6.48 Å². The average Bonchev–Trinajstić information content (AvgIpc) is 3.96. The van der Waals surface area contributed by atoms with Crippen LogP contribution in [0.15, 0.2) is 303 Å². The van der Waals surface area contributed by atoms with E-state index in [0.29, 0.717) is 0 Å². The fourth-order valence-corrected chi connectivity index (χ4v) is 12.5. The van der Waals surface area contributed by atoms with Crippen LogP contribution in [0, 0.1) is 0 Å². The maximum atomic E-state index is 2.44. The molecule has 0 aliphatic carbocycles. The minimum Gasteiger partial charge on any atom is -0.310 e. The van der Waals surface area contributed by atoms with E-state index in [1.807, 2.05) is 11.3 Å². The average molecular weight is 999 g/mol. The van der Waals surface area contributed by atoms with Gasteiger partial charge < -0.3 is 9.80 Å². The van der Waals surface area contributed by atoms with E-state index in [2.05, 4.69) is 313 Å². The molecule has 0 fully saturated rings. The quantitative estimate of drug-likeness (QED) is 0.127. The fourth-order valence-electron chi connectivity index (χ4n) is 11.4. The minimum atomic E-state index is 1.06. The molecule has 362 valence electrons. The Morgan fingerprint density at radius 1 is 0.221 bits per heavy atom. The molecule has 1 aromatic heterocycles. The van der Waals surface area contributed by atoms with Crippen LogP contribution in [0.25, 0.3) is 97.4 Å². The molecule has 0 saturated heterocycles. The Morgan fingerprint density at radius 2 is 0.649 bits per heavy atom. The lowest BCUT2D eigenvalue weighted by atomic mass is 9.96. The Hall–Kier alpha value is -9.80.